The molecule has 0 aromatic heterocycles. The summed E-state index contributed by atoms with van der Waals surface area (Å²) < 4.78 is 28.5. The van der Waals surface area contributed by atoms with Crippen molar-refractivity contribution in [3.05, 3.63) is 95.1 Å². The van der Waals surface area contributed by atoms with Gasteiger partial charge in [-0.05, 0) is 48.9 Å². The van der Waals surface area contributed by atoms with E-state index in [-0.39, 0.29) is 0 Å². The molecule has 0 radical (unpaired) electrons. The zero-order chi connectivity index (χ0) is 21.4. The lowest BCUT2D eigenvalue weighted by atomic mass is 9.99. The van der Waals surface area contributed by atoms with E-state index in [0.29, 0.717) is 21.5 Å². The minimum absolute atomic E-state index is 0.500. The first-order chi connectivity index (χ1) is 13.7. The Morgan fingerprint density at radius 1 is 0.429 bits per heavy atom. The van der Waals surface area contributed by atoms with Crippen LogP contribution in [0.4, 0.5) is 13.2 Å². The Morgan fingerprint density at radius 2 is 0.679 bits per heavy atom. The normalized spacial score (nSPS) is 9.00. The van der Waals surface area contributed by atoms with Gasteiger partial charge in [0.2, 0.25) is 0 Å². The molecule has 0 bridgehead atoms. The number of hydrogen-bond donors (Lipinski definition) is 0. The maximum atomic E-state index is 9.50. The molecule has 3 heteroatoms. The Kier molecular flexibility index (Phi) is 14.1. The van der Waals surface area contributed by atoms with Gasteiger partial charge < -0.3 is 0 Å². The van der Waals surface area contributed by atoms with Gasteiger partial charge in [-0.3, -0.25) is 13.2 Å². The Labute approximate surface area is 168 Å². The summed E-state index contributed by atoms with van der Waals surface area (Å²) in [5.74, 6) is 0. The molecule has 0 heterocycles. The molecule has 3 aromatic carbocycles. The van der Waals surface area contributed by atoms with Crippen molar-refractivity contribution >= 4 is 0 Å². The number of benzene rings is 3. The van der Waals surface area contributed by atoms with Crippen molar-refractivity contribution in [2.45, 2.75) is 26.7 Å². The van der Waals surface area contributed by atoms with Crippen LogP contribution in [0.15, 0.2) is 72.8 Å². The van der Waals surface area contributed by atoms with E-state index >= 15 is 0 Å². The SMILES string of the molecule is CF.CF.CF.Cc1ccc(CCc2ccc(-c3ccc(C)cc3)cc2)cc1. The largest absolute Gasteiger partial charge is 0.255 e. The van der Waals surface area contributed by atoms with E-state index in [2.05, 4.69) is 86.6 Å². The average molecular weight is 389 g/mol. The third-order valence-corrected chi connectivity index (χ3v) is 4.16. The quantitative estimate of drug-likeness (QED) is 0.434. The third kappa shape index (κ3) is 8.90. The van der Waals surface area contributed by atoms with Crippen LogP contribution in [-0.4, -0.2) is 21.5 Å². The number of aryl methyl sites for hydroxylation is 4. The summed E-state index contributed by atoms with van der Waals surface area (Å²) >= 11 is 0. The first kappa shape index (κ1) is 25.5. The maximum absolute atomic E-state index is 9.50. The van der Waals surface area contributed by atoms with Gasteiger partial charge in [0.05, 0.1) is 21.5 Å². The highest BCUT2D eigenvalue weighted by atomic mass is 19.1. The molecule has 0 saturated carbocycles. The third-order valence-electron chi connectivity index (χ3n) is 4.16. The topological polar surface area (TPSA) is 0 Å². The molecule has 0 unspecified atom stereocenters. The molecule has 0 atom stereocenters. The van der Waals surface area contributed by atoms with Crippen LogP contribution >= 0.6 is 0 Å². The van der Waals surface area contributed by atoms with E-state index in [9.17, 15) is 13.2 Å². The van der Waals surface area contributed by atoms with Crippen LogP contribution in [-0.2, 0) is 12.8 Å². The molecule has 28 heavy (non-hydrogen) atoms. The second-order valence-electron chi connectivity index (χ2n) is 6.05. The summed E-state index contributed by atoms with van der Waals surface area (Å²) in [5, 5.41) is 0. The number of hydrogen-bond acceptors (Lipinski definition) is 0. The smallest absolute Gasteiger partial charge is 0.0785 e. The fraction of sp³-hybridized carbons (Fsp3) is 0.280. The van der Waals surface area contributed by atoms with Crippen LogP contribution in [0.2, 0.25) is 0 Å². The van der Waals surface area contributed by atoms with Crippen LogP contribution < -0.4 is 0 Å². The van der Waals surface area contributed by atoms with Gasteiger partial charge in [-0.25, -0.2) is 0 Å². The molecule has 3 rings (SSSR count). The summed E-state index contributed by atoms with van der Waals surface area (Å²) in [6, 6.07) is 26.5. The molecule has 0 fully saturated rings. The van der Waals surface area contributed by atoms with Crippen molar-refractivity contribution in [3.63, 3.8) is 0 Å². The van der Waals surface area contributed by atoms with Crippen LogP contribution in [0.5, 0.6) is 0 Å². The van der Waals surface area contributed by atoms with Crippen molar-refractivity contribution in [1.82, 2.24) is 0 Å². The summed E-state index contributed by atoms with van der Waals surface area (Å²) in [6.07, 6.45) is 2.20. The van der Waals surface area contributed by atoms with Gasteiger partial charge in [0.25, 0.3) is 0 Å². The Morgan fingerprint density at radius 3 is 1.04 bits per heavy atom. The molecule has 0 N–H and O–H groups in total. The summed E-state index contributed by atoms with van der Waals surface area (Å²) in [4.78, 5) is 0. The molecule has 0 amide bonds. The standard InChI is InChI=1S/C22H22.3CH3F/c1-17-3-7-19(8-4-17)9-10-20-11-15-22(16-12-20)21-13-5-18(2)6-14-21;3*1-2/h3-8,11-16H,9-10H2,1-2H3;3*1H3. The van der Waals surface area contributed by atoms with Gasteiger partial charge >= 0.3 is 0 Å². The van der Waals surface area contributed by atoms with Crippen molar-refractivity contribution in [1.29, 1.82) is 0 Å². The Hall–Kier alpha value is -2.55. The highest BCUT2D eigenvalue weighted by Crippen LogP contribution is 2.21. The van der Waals surface area contributed by atoms with E-state index in [4.69, 9.17) is 0 Å². The van der Waals surface area contributed by atoms with E-state index in [1.54, 1.807) is 0 Å². The summed E-state index contributed by atoms with van der Waals surface area (Å²) in [6.45, 7) is 4.26. The maximum Gasteiger partial charge on any atom is 0.0785 e. The monoisotopic (exact) mass is 388 g/mol. The minimum atomic E-state index is 0.500. The van der Waals surface area contributed by atoms with Gasteiger partial charge in [-0.2, -0.15) is 0 Å². The lowest BCUT2D eigenvalue weighted by Crippen LogP contribution is -1.91. The van der Waals surface area contributed by atoms with Gasteiger partial charge in [-0.15, -0.1) is 0 Å². The van der Waals surface area contributed by atoms with E-state index in [1.165, 1.54) is 33.4 Å². The molecule has 0 aliphatic rings. The van der Waals surface area contributed by atoms with Crippen LogP contribution in [0.3, 0.4) is 0 Å². The van der Waals surface area contributed by atoms with Gasteiger partial charge in [-0.1, -0.05) is 83.9 Å². The second-order valence-corrected chi connectivity index (χ2v) is 6.05. The van der Waals surface area contributed by atoms with Crippen molar-refractivity contribution in [2.24, 2.45) is 0 Å². The molecule has 152 valence electrons. The molecule has 3 aromatic rings. The summed E-state index contributed by atoms with van der Waals surface area (Å²) in [7, 11) is 1.50. The molecule has 0 saturated heterocycles. The van der Waals surface area contributed by atoms with E-state index in [1.807, 2.05) is 0 Å². The zero-order valence-electron chi connectivity index (χ0n) is 17.5. The van der Waals surface area contributed by atoms with Crippen LogP contribution in [0, 0.1) is 13.8 Å². The fourth-order valence-electron chi connectivity index (χ4n) is 2.65. The Balaban J connectivity index is 0.00000111. The lowest BCUT2D eigenvalue weighted by molar-refractivity contribution is 0.635. The minimum Gasteiger partial charge on any atom is -0.255 e. The van der Waals surface area contributed by atoms with Crippen molar-refractivity contribution < 1.29 is 13.2 Å². The zero-order valence-corrected chi connectivity index (χ0v) is 17.5. The summed E-state index contributed by atoms with van der Waals surface area (Å²) in [5.41, 5.74) is 8.02. The van der Waals surface area contributed by atoms with Gasteiger partial charge in [0.1, 0.15) is 0 Å². The number of alkyl halides is 3. The van der Waals surface area contributed by atoms with Gasteiger partial charge in [0, 0.05) is 0 Å². The number of rotatable bonds is 4. The lowest BCUT2D eigenvalue weighted by Gasteiger charge is -2.06. The molecule has 0 nitrogen and oxygen atoms in total. The molecular formula is C25H31F3. The molecule has 0 spiro atoms. The Bertz CT molecular complexity index is 730. The highest BCUT2D eigenvalue weighted by molar-refractivity contribution is 5.63. The van der Waals surface area contributed by atoms with Crippen molar-refractivity contribution in [3.8, 4) is 11.1 Å². The van der Waals surface area contributed by atoms with E-state index < -0.39 is 0 Å². The first-order valence-corrected chi connectivity index (χ1v) is 9.06. The molecule has 0 aliphatic heterocycles. The van der Waals surface area contributed by atoms with Crippen molar-refractivity contribution in [2.75, 3.05) is 21.5 Å². The van der Waals surface area contributed by atoms with Crippen LogP contribution in [0.1, 0.15) is 22.3 Å². The molecule has 0 aliphatic carbocycles. The van der Waals surface area contributed by atoms with Gasteiger partial charge in [0.15, 0.2) is 0 Å². The average Bonchev–Trinajstić information content (AvgIpc) is 2.78. The second kappa shape index (κ2) is 15.5. The predicted molar refractivity (Wildman–Crippen MR) is 116 cm³/mol. The van der Waals surface area contributed by atoms with Crippen LogP contribution in [0.25, 0.3) is 11.1 Å². The highest BCUT2D eigenvalue weighted by Gasteiger charge is 1.99. The predicted octanol–water partition coefficient (Wildman–Crippen LogP) is 7.51. The fourth-order valence-corrected chi connectivity index (χ4v) is 2.65. The molecular weight excluding hydrogens is 357 g/mol. The van der Waals surface area contributed by atoms with E-state index in [0.717, 1.165) is 12.8 Å². The first-order valence-electron chi connectivity index (χ1n) is 9.06. The number of halogens is 3.